The predicted octanol–water partition coefficient (Wildman–Crippen LogP) is 2.97. The zero-order valence-corrected chi connectivity index (χ0v) is 48.6. The molecule has 0 spiro atoms. The summed E-state index contributed by atoms with van der Waals surface area (Å²) in [7, 11) is 4.27. The maximum absolute atomic E-state index is 14.0. The van der Waals surface area contributed by atoms with E-state index in [0.29, 0.717) is 11.1 Å². The lowest BCUT2D eigenvalue weighted by Gasteiger charge is -2.25. The zero-order valence-electron chi connectivity index (χ0n) is 47.7. The van der Waals surface area contributed by atoms with Crippen molar-refractivity contribution in [1.29, 1.82) is 0 Å². The Bertz CT molecular complexity index is 2890. The van der Waals surface area contributed by atoms with E-state index < -0.39 is 111 Å². The number of ketones is 1. The Labute approximate surface area is 486 Å². The molecule has 0 saturated heterocycles. The van der Waals surface area contributed by atoms with Crippen LogP contribution < -0.4 is 47.9 Å². The standard InChI is InChI=1S/C60H75BN9O12P/c1-36(2)27-47(56(77)63-31-38(5)71)68-58(79)49(29-39-17-9-7-10-18-39)66-52(73)32-62-51(72)26-25-46(70-60(81)82-35-45-43-23-15-13-21-41(43)42-22-14-16-24-44(42)45)55(76)64-33-53(74)67-50(30-40-19-11-8-12-20-40)59(80)69-48(28-37(3)4)57(78)65-34-54(75)83(6)61/h7-24,36-37,45-50H,25-35H2,1-6H3,(H,62,72)(H,63,77)(H,64,76)(H,65,78)(H,66,73)(H,67,74)(H,68,79)(H,69,80)(H,70,81). The molecule has 0 aromatic heterocycles. The molecule has 6 atom stereocenters. The van der Waals surface area contributed by atoms with Crippen molar-refractivity contribution in [3.63, 3.8) is 0 Å². The Morgan fingerprint density at radius 1 is 0.482 bits per heavy atom. The minimum Gasteiger partial charge on any atom is -0.449 e. The van der Waals surface area contributed by atoms with Crippen LogP contribution in [0.4, 0.5) is 4.79 Å². The van der Waals surface area contributed by atoms with Gasteiger partial charge in [-0.1, -0.05) is 145 Å². The van der Waals surface area contributed by atoms with Gasteiger partial charge in [-0.25, -0.2) is 4.79 Å². The van der Waals surface area contributed by atoms with E-state index in [-0.39, 0.29) is 80.9 Å². The van der Waals surface area contributed by atoms with Crippen molar-refractivity contribution >= 4 is 80.0 Å². The van der Waals surface area contributed by atoms with Crippen LogP contribution in [-0.2, 0) is 65.5 Å². The number of Topliss-reactive ketones (excluding diaryl/α,β-unsaturated/α-hetero) is 1. The Hall–Kier alpha value is -8.26. The summed E-state index contributed by atoms with van der Waals surface area (Å²) < 4.78 is 5.73. The van der Waals surface area contributed by atoms with Gasteiger partial charge in [-0.05, 0) is 78.1 Å². The van der Waals surface area contributed by atoms with E-state index in [4.69, 9.17) is 12.3 Å². The highest BCUT2D eigenvalue weighted by Gasteiger charge is 2.33. The van der Waals surface area contributed by atoms with Crippen LogP contribution in [0, 0.1) is 11.8 Å². The SMILES string of the molecule is [B]P(C)C(=O)CNC(=O)C(CC(C)C)NC(=O)C(Cc1ccccc1)NC(=O)CNC(=O)C(CCC(=O)NCC(=O)NC(Cc1ccccc1)C(=O)NC(CC(C)C)C(=O)NCC(C)=O)NC(=O)OCC1c2ccccc2-c2ccccc21. The number of alkyl carbamates (subject to hydrolysis) is 1. The third kappa shape index (κ3) is 21.9. The highest BCUT2D eigenvalue weighted by molar-refractivity contribution is 7.94. The van der Waals surface area contributed by atoms with Gasteiger partial charge in [0.05, 0.1) is 26.2 Å². The summed E-state index contributed by atoms with van der Waals surface area (Å²) in [6.07, 6.45) is -1.37. The van der Waals surface area contributed by atoms with E-state index in [1.54, 1.807) is 67.3 Å². The molecule has 83 heavy (non-hydrogen) atoms. The third-order valence-corrected chi connectivity index (χ3v) is 14.3. The van der Waals surface area contributed by atoms with Gasteiger partial charge in [-0.2, -0.15) is 0 Å². The number of rotatable bonds is 32. The average Bonchev–Trinajstić information content (AvgIpc) is 3.80. The second-order valence-electron chi connectivity index (χ2n) is 21.2. The molecule has 0 saturated carbocycles. The largest absolute Gasteiger partial charge is 0.449 e. The summed E-state index contributed by atoms with van der Waals surface area (Å²) in [5.41, 5.74) is 4.84. The predicted molar refractivity (Wildman–Crippen MR) is 314 cm³/mol. The molecule has 23 heteroatoms. The van der Waals surface area contributed by atoms with E-state index in [0.717, 1.165) is 22.3 Å². The monoisotopic (exact) mass is 1160 g/mol. The Balaban J connectivity index is 1.27. The number of hydrogen-bond acceptors (Lipinski definition) is 12. The Kier molecular flexibility index (Phi) is 26.1. The number of benzene rings is 4. The first-order valence-corrected chi connectivity index (χ1v) is 29.4. The molecule has 0 bridgehead atoms. The van der Waals surface area contributed by atoms with Gasteiger partial charge in [0.1, 0.15) is 50.2 Å². The van der Waals surface area contributed by atoms with Crippen molar-refractivity contribution in [2.75, 3.05) is 39.5 Å². The topological polar surface area (TPSA) is 305 Å². The summed E-state index contributed by atoms with van der Waals surface area (Å²) in [5.74, 6) is -6.52. The van der Waals surface area contributed by atoms with Gasteiger partial charge in [-0.3, -0.25) is 47.9 Å². The molecular weight excluding hydrogens is 1080 g/mol. The van der Waals surface area contributed by atoms with Crippen LogP contribution in [0.5, 0.6) is 0 Å². The van der Waals surface area contributed by atoms with Crippen molar-refractivity contribution in [3.8, 4) is 11.1 Å². The fraction of sp³-hybridized carbons (Fsp3) is 0.417. The minimum absolute atomic E-state index is 0.0184. The summed E-state index contributed by atoms with van der Waals surface area (Å²) >= 11 is 0. The molecule has 9 N–H and O–H groups in total. The number of amides is 9. The second-order valence-corrected chi connectivity index (χ2v) is 22.9. The van der Waals surface area contributed by atoms with Crippen LogP contribution in [0.25, 0.3) is 11.1 Å². The second kappa shape index (κ2) is 33.0. The van der Waals surface area contributed by atoms with Gasteiger partial charge in [0.2, 0.25) is 47.3 Å². The molecule has 0 fully saturated rings. The van der Waals surface area contributed by atoms with Crippen LogP contribution in [0.2, 0.25) is 0 Å². The van der Waals surface area contributed by atoms with E-state index in [1.165, 1.54) is 6.92 Å². The fourth-order valence-electron chi connectivity index (χ4n) is 9.19. The molecule has 2 radical (unpaired) electrons. The molecule has 0 heterocycles. The number of nitrogens with one attached hydrogen (secondary N) is 9. The normalized spacial score (nSPS) is 13.7. The number of carbonyl (C=O) groups is 11. The first-order chi connectivity index (χ1) is 39.6. The molecule has 0 aliphatic heterocycles. The van der Waals surface area contributed by atoms with Gasteiger partial charge in [0.25, 0.3) is 0 Å². The lowest BCUT2D eigenvalue weighted by atomic mass is 9.98. The summed E-state index contributed by atoms with van der Waals surface area (Å²) in [6.45, 7) is 8.29. The Morgan fingerprint density at radius 2 is 0.904 bits per heavy atom. The summed E-state index contributed by atoms with van der Waals surface area (Å²) in [4.78, 5) is 146. The van der Waals surface area contributed by atoms with Gasteiger partial charge in [0.15, 0.2) is 5.52 Å². The third-order valence-electron chi connectivity index (χ3n) is 13.3. The molecule has 1 aliphatic rings. The molecular formula is C60H75BN9O12P. The maximum atomic E-state index is 14.0. The fourth-order valence-corrected chi connectivity index (χ4v) is 9.52. The van der Waals surface area contributed by atoms with Crippen LogP contribution in [0.15, 0.2) is 109 Å². The molecule has 21 nitrogen and oxygen atoms in total. The zero-order chi connectivity index (χ0) is 60.6. The van der Waals surface area contributed by atoms with Gasteiger partial charge >= 0.3 is 6.09 Å². The summed E-state index contributed by atoms with van der Waals surface area (Å²) in [6, 6.07) is 26.9. The van der Waals surface area contributed by atoms with Gasteiger partial charge in [0, 0.05) is 25.2 Å². The van der Waals surface area contributed by atoms with Crippen molar-refractivity contribution in [3.05, 3.63) is 131 Å². The van der Waals surface area contributed by atoms with Crippen molar-refractivity contribution in [2.45, 2.75) is 109 Å². The Morgan fingerprint density at radius 3 is 1.36 bits per heavy atom. The van der Waals surface area contributed by atoms with Crippen molar-refractivity contribution in [2.24, 2.45) is 11.8 Å². The van der Waals surface area contributed by atoms with E-state index >= 15 is 0 Å². The highest BCUT2D eigenvalue weighted by atomic mass is 31.1. The van der Waals surface area contributed by atoms with E-state index in [1.807, 2.05) is 76.2 Å². The lowest BCUT2D eigenvalue weighted by molar-refractivity contribution is -0.133. The molecule has 1 aliphatic carbocycles. The quantitative estimate of drug-likeness (QED) is 0.0252. The molecule has 9 amide bonds. The van der Waals surface area contributed by atoms with Crippen molar-refractivity contribution in [1.82, 2.24) is 47.9 Å². The maximum Gasteiger partial charge on any atom is 0.407 e. The molecule has 6 unspecified atom stereocenters. The smallest absolute Gasteiger partial charge is 0.407 e. The van der Waals surface area contributed by atoms with E-state index in [2.05, 4.69) is 47.9 Å². The van der Waals surface area contributed by atoms with Crippen molar-refractivity contribution < 1.29 is 57.5 Å². The number of ether oxygens (including phenoxy) is 1. The molecule has 4 aromatic carbocycles. The molecule has 440 valence electrons. The molecule has 4 aromatic rings. The first kappa shape index (κ1) is 65.6. The average molecular weight is 1160 g/mol. The first-order valence-electron chi connectivity index (χ1n) is 27.6. The number of hydrogen-bond donors (Lipinski definition) is 9. The van der Waals surface area contributed by atoms with E-state index in [9.17, 15) is 52.7 Å². The van der Waals surface area contributed by atoms with Crippen LogP contribution in [0.3, 0.4) is 0 Å². The minimum atomic E-state index is -1.49. The van der Waals surface area contributed by atoms with Crippen LogP contribution in [-0.4, -0.2) is 142 Å². The lowest BCUT2D eigenvalue weighted by Crippen LogP contribution is -2.56. The van der Waals surface area contributed by atoms with Crippen LogP contribution >= 0.6 is 7.80 Å². The van der Waals surface area contributed by atoms with Gasteiger partial charge < -0.3 is 52.6 Å². The number of fused-ring (bicyclic) bond motifs is 3. The highest BCUT2D eigenvalue weighted by Crippen LogP contribution is 2.44. The summed E-state index contributed by atoms with van der Waals surface area (Å²) in [5, 5.41) is 23.2. The van der Waals surface area contributed by atoms with Crippen LogP contribution in [0.1, 0.15) is 88.5 Å². The van der Waals surface area contributed by atoms with Gasteiger partial charge in [-0.15, -0.1) is 0 Å². The molecule has 5 rings (SSSR count). The number of carbonyl (C=O) groups excluding carboxylic acids is 11.